The van der Waals surface area contributed by atoms with Crippen molar-refractivity contribution in [1.29, 1.82) is 0 Å². The summed E-state index contributed by atoms with van der Waals surface area (Å²) in [5, 5.41) is 10.7. The Balaban J connectivity index is 1.67. The van der Waals surface area contributed by atoms with Crippen LogP contribution in [0.1, 0.15) is 44.9 Å². The number of aryl methyl sites for hydroxylation is 1. The first kappa shape index (κ1) is 15.8. The van der Waals surface area contributed by atoms with Crippen LogP contribution >= 0.6 is 0 Å². The Bertz CT molecular complexity index is 453. The van der Waals surface area contributed by atoms with Gasteiger partial charge in [0.15, 0.2) is 5.96 Å². The number of hydrogen-bond acceptors (Lipinski definition) is 3. The third-order valence-electron chi connectivity index (χ3n) is 4.33. The number of rotatable bonds is 5. The van der Waals surface area contributed by atoms with Crippen molar-refractivity contribution in [1.82, 2.24) is 25.4 Å². The Kier molecular flexibility index (Phi) is 6.02. The number of guanidine groups is 1. The van der Waals surface area contributed by atoms with E-state index in [0.717, 1.165) is 30.2 Å². The van der Waals surface area contributed by atoms with Gasteiger partial charge in [0.1, 0.15) is 12.2 Å². The molecule has 0 radical (unpaired) electrons. The van der Waals surface area contributed by atoms with Crippen LogP contribution < -0.4 is 10.6 Å². The van der Waals surface area contributed by atoms with Crippen LogP contribution in [-0.4, -0.2) is 34.3 Å². The Morgan fingerprint density at radius 2 is 2.29 bits per heavy atom. The summed E-state index contributed by atoms with van der Waals surface area (Å²) in [6.07, 6.45) is 8.37. The summed E-state index contributed by atoms with van der Waals surface area (Å²) < 4.78 is 1.77. The molecule has 1 fully saturated rings. The number of aromatic nitrogens is 3. The monoisotopic (exact) mass is 292 g/mol. The van der Waals surface area contributed by atoms with E-state index in [2.05, 4.69) is 32.6 Å². The van der Waals surface area contributed by atoms with Gasteiger partial charge in [0.05, 0.1) is 6.54 Å². The van der Waals surface area contributed by atoms with E-state index in [-0.39, 0.29) is 0 Å². The average Bonchev–Trinajstić information content (AvgIpc) is 2.88. The zero-order valence-electron chi connectivity index (χ0n) is 13.5. The molecule has 6 heteroatoms. The fraction of sp³-hybridized carbons (Fsp3) is 0.800. The van der Waals surface area contributed by atoms with Crippen LogP contribution in [0.4, 0.5) is 0 Å². The molecule has 0 amide bonds. The lowest BCUT2D eigenvalue weighted by molar-refractivity contribution is 0.270. The molecule has 0 spiro atoms. The molecule has 2 N–H and O–H groups in total. The number of nitrogens with one attached hydrogen (secondary N) is 2. The molecule has 1 aliphatic carbocycles. The topological polar surface area (TPSA) is 67.1 Å². The van der Waals surface area contributed by atoms with E-state index < -0.39 is 0 Å². The number of nitrogens with zero attached hydrogens (tertiary/aromatic N) is 4. The largest absolute Gasteiger partial charge is 0.356 e. The maximum atomic E-state index is 4.25. The molecule has 118 valence electrons. The molecule has 2 rings (SSSR count). The van der Waals surface area contributed by atoms with E-state index in [9.17, 15) is 0 Å². The Hall–Kier alpha value is -1.59. The Labute approximate surface area is 127 Å². The van der Waals surface area contributed by atoms with Gasteiger partial charge in [-0.1, -0.05) is 26.2 Å². The molecule has 1 saturated carbocycles. The summed E-state index contributed by atoms with van der Waals surface area (Å²) in [5.74, 6) is 3.51. The van der Waals surface area contributed by atoms with Crippen LogP contribution in [0.25, 0.3) is 0 Å². The summed E-state index contributed by atoms with van der Waals surface area (Å²) in [5.41, 5.74) is 0. The van der Waals surface area contributed by atoms with E-state index in [1.807, 2.05) is 7.05 Å². The van der Waals surface area contributed by atoms with Gasteiger partial charge in [-0.25, -0.2) is 4.98 Å². The summed E-state index contributed by atoms with van der Waals surface area (Å²) in [4.78, 5) is 8.44. The zero-order chi connectivity index (χ0) is 15.1. The van der Waals surface area contributed by atoms with Gasteiger partial charge in [0.2, 0.25) is 0 Å². The van der Waals surface area contributed by atoms with Gasteiger partial charge in [-0.05, 0) is 24.7 Å². The van der Waals surface area contributed by atoms with Gasteiger partial charge in [0.25, 0.3) is 0 Å². The molecule has 2 unspecified atom stereocenters. The van der Waals surface area contributed by atoms with E-state index in [1.165, 1.54) is 32.1 Å². The molecule has 1 heterocycles. The van der Waals surface area contributed by atoms with Crippen molar-refractivity contribution < 1.29 is 0 Å². The fourth-order valence-electron chi connectivity index (χ4n) is 3.08. The molecular formula is C15H28N6. The van der Waals surface area contributed by atoms with Crippen molar-refractivity contribution in [3.63, 3.8) is 0 Å². The third-order valence-corrected chi connectivity index (χ3v) is 4.33. The van der Waals surface area contributed by atoms with Gasteiger partial charge in [0, 0.05) is 20.6 Å². The summed E-state index contributed by atoms with van der Waals surface area (Å²) in [7, 11) is 3.69. The van der Waals surface area contributed by atoms with Crippen molar-refractivity contribution >= 4 is 5.96 Å². The second kappa shape index (κ2) is 8.00. The highest BCUT2D eigenvalue weighted by Crippen LogP contribution is 2.30. The molecule has 6 nitrogen and oxygen atoms in total. The van der Waals surface area contributed by atoms with Crippen molar-refractivity contribution in [2.24, 2.45) is 23.9 Å². The van der Waals surface area contributed by atoms with Gasteiger partial charge >= 0.3 is 0 Å². The van der Waals surface area contributed by atoms with E-state index >= 15 is 0 Å². The van der Waals surface area contributed by atoms with Gasteiger partial charge < -0.3 is 10.6 Å². The normalized spacial score (nSPS) is 23.1. The molecule has 0 bridgehead atoms. The molecule has 0 aliphatic heterocycles. The zero-order valence-corrected chi connectivity index (χ0v) is 13.5. The van der Waals surface area contributed by atoms with Crippen LogP contribution in [0.5, 0.6) is 0 Å². The third kappa shape index (κ3) is 5.02. The molecule has 21 heavy (non-hydrogen) atoms. The minimum absolute atomic E-state index is 0.636. The van der Waals surface area contributed by atoms with Gasteiger partial charge in [-0.2, -0.15) is 5.10 Å². The Morgan fingerprint density at radius 3 is 2.95 bits per heavy atom. The standard InChI is InChI=1S/C15H28N6/c1-12-5-4-6-13(9-12)7-8-17-15(16-2)18-10-14-19-11-20-21(14)3/h11-13H,4-10H2,1-3H3,(H2,16,17,18). The van der Waals surface area contributed by atoms with Crippen LogP contribution in [0, 0.1) is 11.8 Å². The fourth-order valence-corrected chi connectivity index (χ4v) is 3.08. The van der Waals surface area contributed by atoms with Crippen LogP contribution in [-0.2, 0) is 13.6 Å². The SMILES string of the molecule is CN=C(NCCC1CCCC(C)C1)NCc1ncnn1C. The first-order valence-electron chi connectivity index (χ1n) is 7.96. The lowest BCUT2D eigenvalue weighted by Gasteiger charge is -2.26. The highest BCUT2D eigenvalue weighted by atomic mass is 15.3. The lowest BCUT2D eigenvalue weighted by Crippen LogP contribution is -2.38. The first-order chi connectivity index (χ1) is 10.2. The predicted molar refractivity (Wildman–Crippen MR) is 84.9 cm³/mol. The second-order valence-corrected chi connectivity index (χ2v) is 6.08. The maximum Gasteiger partial charge on any atom is 0.191 e. The molecule has 2 atom stereocenters. The quantitative estimate of drug-likeness (QED) is 0.640. The smallest absolute Gasteiger partial charge is 0.191 e. The Morgan fingerprint density at radius 1 is 1.43 bits per heavy atom. The lowest BCUT2D eigenvalue weighted by atomic mass is 9.81. The minimum atomic E-state index is 0.636. The number of aliphatic imine (C=N–C) groups is 1. The summed E-state index contributed by atoms with van der Waals surface area (Å²) in [6.45, 7) is 3.99. The molecule has 1 aliphatic rings. The molecule has 1 aromatic rings. The second-order valence-electron chi connectivity index (χ2n) is 6.08. The van der Waals surface area contributed by atoms with Crippen molar-refractivity contribution in [2.45, 2.75) is 45.6 Å². The highest BCUT2D eigenvalue weighted by molar-refractivity contribution is 5.79. The number of hydrogen-bond donors (Lipinski definition) is 2. The van der Waals surface area contributed by atoms with E-state index in [1.54, 1.807) is 18.1 Å². The van der Waals surface area contributed by atoms with E-state index in [0.29, 0.717) is 6.54 Å². The first-order valence-corrected chi connectivity index (χ1v) is 7.96. The van der Waals surface area contributed by atoms with Crippen LogP contribution in [0.15, 0.2) is 11.3 Å². The average molecular weight is 292 g/mol. The van der Waals surface area contributed by atoms with Crippen molar-refractivity contribution in [3.8, 4) is 0 Å². The van der Waals surface area contributed by atoms with Gasteiger partial charge in [-0.15, -0.1) is 0 Å². The van der Waals surface area contributed by atoms with Gasteiger partial charge in [-0.3, -0.25) is 9.67 Å². The van der Waals surface area contributed by atoms with Crippen molar-refractivity contribution in [3.05, 3.63) is 12.2 Å². The molecule has 0 saturated heterocycles. The molecule has 1 aromatic heterocycles. The van der Waals surface area contributed by atoms with Crippen molar-refractivity contribution in [2.75, 3.05) is 13.6 Å². The molecule has 0 aromatic carbocycles. The highest BCUT2D eigenvalue weighted by Gasteiger charge is 2.18. The summed E-state index contributed by atoms with van der Waals surface area (Å²) >= 11 is 0. The summed E-state index contributed by atoms with van der Waals surface area (Å²) in [6, 6.07) is 0. The maximum absolute atomic E-state index is 4.25. The van der Waals surface area contributed by atoms with E-state index in [4.69, 9.17) is 0 Å². The minimum Gasteiger partial charge on any atom is -0.356 e. The van der Waals surface area contributed by atoms with Crippen LogP contribution in [0.3, 0.4) is 0 Å². The van der Waals surface area contributed by atoms with Crippen LogP contribution in [0.2, 0.25) is 0 Å². The predicted octanol–water partition coefficient (Wildman–Crippen LogP) is 1.70. The molecular weight excluding hydrogens is 264 g/mol.